The Bertz CT molecular complexity index is 795. The number of benzene rings is 1. The number of fused-ring (bicyclic) bond motifs is 1. The maximum absolute atomic E-state index is 11.6. The van der Waals surface area contributed by atoms with Gasteiger partial charge in [-0.1, -0.05) is 0 Å². The maximum Gasteiger partial charge on any atom is 0.407 e. The minimum Gasteiger partial charge on any atom is -0.465 e. The van der Waals surface area contributed by atoms with E-state index in [0.717, 1.165) is 0 Å². The Morgan fingerprint density at radius 1 is 1.31 bits per heavy atom. The topological polar surface area (TPSA) is 134 Å². The Hall–Kier alpha value is -2.65. The van der Waals surface area contributed by atoms with Crippen molar-refractivity contribution in [1.29, 1.82) is 0 Å². The Balaban J connectivity index is 2.07. The predicted octanol–water partition coefficient (Wildman–Crippen LogP) is 1.27. The number of aromatic amines is 1. The summed E-state index contributed by atoms with van der Waals surface area (Å²) in [5.41, 5.74) is 0.369. The molecule has 0 spiro atoms. The van der Waals surface area contributed by atoms with Crippen LogP contribution in [-0.4, -0.2) is 57.8 Å². The fourth-order valence-corrected chi connectivity index (χ4v) is 2.31. The normalized spacial score (nSPS) is 13.9. The van der Waals surface area contributed by atoms with Crippen LogP contribution in [0.1, 0.15) is 42.9 Å². The quantitative estimate of drug-likeness (QED) is 0.586. The molecule has 9 heteroatoms. The zero-order chi connectivity index (χ0) is 19.5. The van der Waals surface area contributed by atoms with E-state index in [1.54, 1.807) is 26.8 Å². The molecular weight excluding hydrogens is 342 g/mol. The summed E-state index contributed by atoms with van der Waals surface area (Å²) in [4.78, 5) is 23.2. The lowest BCUT2D eigenvalue weighted by Crippen LogP contribution is -2.39. The van der Waals surface area contributed by atoms with Gasteiger partial charge in [-0.2, -0.15) is 5.10 Å². The smallest absolute Gasteiger partial charge is 0.407 e. The zero-order valence-electron chi connectivity index (χ0n) is 15.1. The van der Waals surface area contributed by atoms with Gasteiger partial charge in [0.2, 0.25) is 0 Å². The molecular formula is C17H23N3O6. The first kappa shape index (κ1) is 19.7. The van der Waals surface area contributed by atoms with Crippen LogP contribution < -0.4 is 5.32 Å². The second-order valence-electron chi connectivity index (χ2n) is 6.76. The van der Waals surface area contributed by atoms with Crippen LogP contribution in [0.15, 0.2) is 18.2 Å². The number of aliphatic hydroxyl groups is 2. The third kappa shape index (κ3) is 4.70. The van der Waals surface area contributed by atoms with Crippen molar-refractivity contribution >= 4 is 23.0 Å². The number of amides is 1. The summed E-state index contributed by atoms with van der Waals surface area (Å²) in [5, 5.41) is 30.1. The van der Waals surface area contributed by atoms with E-state index in [1.165, 1.54) is 19.2 Å². The molecule has 2 unspecified atom stereocenters. The van der Waals surface area contributed by atoms with Gasteiger partial charge in [0.1, 0.15) is 17.8 Å². The minimum atomic E-state index is -1.32. The van der Waals surface area contributed by atoms with Crippen LogP contribution in [0.3, 0.4) is 0 Å². The number of aromatic nitrogens is 2. The lowest BCUT2D eigenvalue weighted by atomic mass is 10.1. The summed E-state index contributed by atoms with van der Waals surface area (Å²) < 4.78 is 9.72. The average Bonchev–Trinajstić information content (AvgIpc) is 2.99. The lowest BCUT2D eigenvalue weighted by Gasteiger charge is -2.21. The van der Waals surface area contributed by atoms with E-state index in [-0.39, 0.29) is 12.2 Å². The first-order valence-electron chi connectivity index (χ1n) is 8.01. The number of carbonyl (C=O) groups is 2. The number of H-pyrrole nitrogens is 1. The summed E-state index contributed by atoms with van der Waals surface area (Å²) in [6, 6.07) is 4.64. The molecule has 1 heterocycles. The summed E-state index contributed by atoms with van der Waals surface area (Å²) in [6.45, 7) is 4.95. The highest BCUT2D eigenvalue weighted by molar-refractivity contribution is 5.94. The van der Waals surface area contributed by atoms with Gasteiger partial charge in [-0.25, -0.2) is 9.59 Å². The summed E-state index contributed by atoms with van der Waals surface area (Å²) in [5.74, 6) is -0.501. The van der Waals surface area contributed by atoms with Gasteiger partial charge in [-0.3, -0.25) is 5.10 Å². The van der Waals surface area contributed by atoms with Crippen molar-refractivity contribution in [3.8, 4) is 0 Å². The van der Waals surface area contributed by atoms with Gasteiger partial charge in [0, 0.05) is 11.9 Å². The van der Waals surface area contributed by atoms with Crippen molar-refractivity contribution in [1.82, 2.24) is 15.5 Å². The fourth-order valence-electron chi connectivity index (χ4n) is 2.31. The molecule has 0 fully saturated rings. The number of nitrogens with one attached hydrogen (secondary N) is 2. The molecule has 0 aliphatic rings. The number of aliphatic hydroxyl groups excluding tert-OH is 2. The first-order valence-corrected chi connectivity index (χ1v) is 8.01. The molecule has 0 bridgehead atoms. The van der Waals surface area contributed by atoms with Crippen LogP contribution in [0.4, 0.5) is 4.79 Å². The van der Waals surface area contributed by atoms with Crippen LogP contribution in [-0.2, 0) is 9.47 Å². The molecule has 26 heavy (non-hydrogen) atoms. The van der Waals surface area contributed by atoms with Crippen molar-refractivity contribution < 1.29 is 29.3 Å². The molecule has 1 aromatic carbocycles. The molecule has 0 aliphatic carbocycles. The van der Waals surface area contributed by atoms with Gasteiger partial charge in [-0.15, -0.1) is 0 Å². The van der Waals surface area contributed by atoms with Gasteiger partial charge >= 0.3 is 12.1 Å². The molecule has 9 nitrogen and oxygen atoms in total. The Morgan fingerprint density at radius 2 is 2.00 bits per heavy atom. The van der Waals surface area contributed by atoms with Crippen molar-refractivity contribution in [2.45, 2.75) is 38.6 Å². The highest BCUT2D eigenvalue weighted by atomic mass is 16.6. The van der Waals surface area contributed by atoms with E-state index >= 15 is 0 Å². The number of hydrogen-bond acceptors (Lipinski definition) is 7. The molecule has 0 saturated carbocycles. The molecule has 2 atom stereocenters. The molecule has 0 aliphatic heterocycles. The Labute approximate surface area is 150 Å². The Morgan fingerprint density at radius 3 is 2.62 bits per heavy atom. The molecule has 1 aromatic heterocycles. The molecule has 142 valence electrons. The molecule has 4 N–H and O–H groups in total. The van der Waals surface area contributed by atoms with E-state index < -0.39 is 29.9 Å². The third-order valence-corrected chi connectivity index (χ3v) is 3.52. The van der Waals surface area contributed by atoms with E-state index in [9.17, 15) is 19.8 Å². The van der Waals surface area contributed by atoms with E-state index in [0.29, 0.717) is 16.5 Å². The minimum absolute atomic E-state index is 0.211. The summed E-state index contributed by atoms with van der Waals surface area (Å²) >= 11 is 0. The van der Waals surface area contributed by atoms with Crippen LogP contribution in [0.25, 0.3) is 10.9 Å². The lowest BCUT2D eigenvalue weighted by molar-refractivity contribution is 0.0115. The van der Waals surface area contributed by atoms with Crippen LogP contribution in [0.5, 0.6) is 0 Å². The number of rotatable bonds is 5. The molecule has 0 radical (unpaired) electrons. The summed E-state index contributed by atoms with van der Waals surface area (Å²) in [7, 11) is 1.28. The van der Waals surface area contributed by atoms with Gasteiger partial charge in [-0.05, 0) is 39.0 Å². The number of nitrogens with zero attached hydrogens (tertiary/aromatic N) is 1. The van der Waals surface area contributed by atoms with Crippen LogP contribution in [0, 0.1) is 0 Å². The highest BCUT2D eigenvalue weighted by Crippen LogP contribution is 2.25. The van der Waals surface area contributed by atoms with Crippen molar-refractivity contribution in [2.24, 2.45) is 0 Å². The van der Waals surface area contributed by atoms with Crippen molar-refractivity contribution in [3.63, 3.8) is 0 Å². The largest absolute Gasteiger partial charge is 0.465 e. The maximum atomic E-state index is 11.6. The standard InChI is InChI=1S/C17H23N3O6/c1-17(2,3)26-16(24)18-8-12(21)14(22)13-10-6-5-9(15(23)25-4)7-11(10)19-20-13/h5-7,12,14,21-22H,8H2,1-4H3,(H,18,24)(H,19,20). The van der Waals surface area contributed by atoms with Crippen LogP contribution >= 0.6 is 0 Å². The van der Waals surface area contributed by atoms with Crippen molar-refractivity contribution in [3.05, 3.63) is 29.5 Å². The monoisotopic (exact) mass is 365 g/mol. The molecule has 0 saturated heterocycles. The van der Waals surface area contributed by atoms with E-state index in [4.69, 9.17) is 4.74 Å². The number of esters is 1. The summed E-state index contributed by atoms with van der Waals surface area (Å²) in [6.07, 6.45) is -3.30. The predicted molar refractivity (Wildman–Crippen MR) is 92.6 cm³/mol. The molecule has 2 aromatic rings. The molecule has 1 amide bonds. The zero-order valence-corrected chi connectivity index (χ0v) is 15.1. The highest BCUT2D eigenvalue weighted by Gasteiger charge is 2.24. The van der Waals surface area contributed by atoms with Crippen molar-refractivity contribution in [2.75, 3.05) is 13.7 Å². The second-order valence-corrected chi connectivity index (χ2v) is 6.76. The second kappa shape index (κ2) is 7.71. The third-order valence-electron chi connectivity index (χ3n) is 3.52. The SMILES string of the molecule is COC(=O)c1ccc2c(C(O)C(O)CNC(=O)OC(C)(C)C)[nH]nc2c1. The molecule has 2 rings (SSSR count). The number of methoxy groups -OCH3 is 1. The van der Waals surface area contributed by atoms with E-state index in [2.05, 4.69) is 20.3 Å². The van der Waals surface area contributed by atoms with Crippen LogP contribution in [0.2, 0.25) is 0 Å². The Kier molecular flexibility index (Phi) is 5.83. The van der Waals surface area contributed by atoms with E-state index in [1.807, 2.05) is 0 Å². The fraction of sp³-hybridized carbons (Fsp3) is 0.471. The average molecular weight is 365 g/mol. The number of hydrogen-bond donors (Lipinski definition) is 4. The van der Waals surface area contributed by atoms with Gasteiger partial charge in [0.25, 0.3) is 0 Å². The number of carbonyl (C=O) groups excluding carboxylic acids is 2. The van der Waals surface area contributed by atoms with Gasteiger partial charge in [0.15, 0.2) is 0 Å². The number of ether oxygens (including phenoxy) is 2. The first-order chi connectivity index (χ1) is 12.1. The number of alkyl carbamates (subject to hydrolysis) is 1. The van der Waals surface area contributed by atoms with Gasteiger partial charge < -0.3 is 25.0 Å². The van der Waals surface area contributed by atoms with Gasteiger partial charge in [0.05, 0.1) is 23.9 Å².